The first-order valence-electron chi connectivity index (χ1n) is 12.2. The van der Waals surface area contributed by atoms with Crippen molar-refractivity contribution in [3.63, 3.8) is 0 Å². The second kappa shape index (κ2) is 11.4. The van der Waals surface area contributed by atoms with Crippen LogP contribution in [-0.4, -0.2) is 43.4 Å². The third kappa shape index (κ3) is 5.61. The number of likely N-dealkylation sites (N-methyl/N-ethyl adjacent to an activating group) is 2. The fraction of sp³-hybridized carbons (Fsp3) is 0.241. The molecule has 2 amide bonds. The third-order valence-electron chi connectivity index (χ3n) is 6.28. The molecule has 7 heteroatoms. The molecular formula is C29H31ClN4O2. The summed E-state index contributed by atoms with van der Waals surface area (Å²) in [5, 5.41) is 6.94. The average molecular weight is 503 g/mol. The second-order valence-electron chi connectivity index (χ2n) is 8.75. The van der Waals surface area contributed by atoms with Gasteiger partial charge >= 0.3 is 0 Å². The number of hydrogen-bond donors (Lipinski definition) is 2. The molecule has 1 aliphatic rings. The number of rotatable bonds is 9. The van der Waals surface area contributed by atoms with E-state index < -0.39 is 0 Å². The Morgan fingerprint density at radius 2 is 1.72 bits per heavy atom. The van der Waals surface area contributed by atoms with Crippen LogP contribution in [0.4, 0.5) is 17.1 Å². The fourth-order valence-corrected chi connectivity index (χ4v) is 4.47. The quantitative estimate of drug-likeness (QED) is 0.354. The van der Waals surface area contributed by atoms with Gasteiger partial charge in [0.25, 0.3) is 5.91 Å². The van der Waals surface area contributed by atoms with E-state index in [0.717, 1.165) is 42.0 Å². The molecule has 0 atom stereocenters. The third-order valence-corrected chi connectivity index (χ3v) is 6.52. The summed E-state index contributed by atoms with van der Waals surface area (Å²) in [5.74, 6) is -0.135. The van der Waals surface area contributed by atoms with Gasteiger partial charge < -0.3 is 15.5 Å². The summed E-state index contributed by atoms with van der Waals surface area (Å²) in [4.78, 5) is 29.6. The molecule has 0 bridgehead atoms. The number of benzene rings is 3. The summed E-state index contributed by atoms with van der Waals surface area (Å²) < 4.78 is 0. The van der Waals surface area contributed by atoms with E-state index in [0.29, 0.717) is 28.5 Å². The highest BCUT2D eigenvalue weighted by Gasteiger charge is 2.28. The van der Waals surface area contributed by atoms with Crippen molar-refractivity contribution in [3.8, 4) is 0 Å². The second-order valence-corrected chi connectivity index (χ2v) is 9.19. The minimum atomic E-state index is -0.187. The van der Waals surface area contributed by atoms with Gasteiger partial charge in [-0.2, -0.15) is 0 Å². The number of halogens is 1. The molecule has 0 fully saturated rings. The van der Waals surface area contributed by atoms with Crippen molar-refractivity contribution in [2.75, 3.05) is 42.2 Å². The zero-order valence-electron chi connectivity index (χ0n) is 20.8. The molecule has 4 rings (SSSR count). The molecular weight excluding hydrogens is 472 g/mol. The Bertz CT molecular complexity index is 1270. The highest BCUT2D eigenvalue weighted by atomic mass is 35.5. The fourth-order valence-electron chi connectivity index (χ4n) is 4.30. The number of amides is 2. The minimum absolute atomic E-state index is 0.0518. The van der Waals surface area contributed by atoms with Crippen molar-refractivity contribution < 1.29 is 9.59 Å². The molecule has 3 aromatic carbocycles. The van der Waals surface area contributed by atoms with Gasteiger partial charge in [-0.05, 0) is 61.5 Å². The first-order valence-corrected chi connectivity index (χ1v) is 12.6. The summed E-state index contributed by atoms with van der Waals surface area (Å²) in [7, 11) is 1.80. The lowest BCUT2D eigenvalue weighted by Gasteiger charge is -2.24. The number of nitrogens with one attached hydrogen (secondary N) is 2. The van der Waals surface area contributed by atoms with Crippen molar-refractivity contribution in [1.29, 1.82) is 0 Å². The SMILES string of the molecule is CCCN(CC)CC(=O)N(C)c1ccc(N/C(=C2\C(=O)Nc3cc(Cl)ccc32)c2ccccc2)cc1. The van der Waals surface area contributed by atoms with E-state index in [1.165, 1.54) is 0 Å². The monoisotopic (exact) mass is 502 g/mol. The standard InChI is InChI=1S/C29H31ClN4O2/c1-4-17-34(5-2)19-26(35)33(3)23-14-12-22(13-15-23)31-28(20-9-7-6-8-10-20)27-24-16-11-21(30)18-25(24)32-29(27)36/h6-16,18,31H,4-5,17,19H2,1-3H3,(H,32,36)/b28-27-. The number of carbonyl (C=O) groups is 2. The molecule has 186 valence electrons. The molecule has 0 unspecified atom stereocenters. The summed E-state index contributed by atoms with van der Waals surface area (Å²) in [6.45, 7) is 6.32. The Balaban J connectivity index is 1.62. The van der Waals surface area contributed by atoms with Crippen LogP contribution in [0, 0.1) is 0 Å². The minimum Gasteiger partial charge on any atom is -0.354 e. The predicted octanol–water partition coefficient (Wildman–Crippen LogP) is 5.97. The molecule has 3 aromatic rings. The molecule has 0 aliphatic carbocycles. The van der Waals surface area contributed by atoms with E-state index in [1.54, 1.807) is 24.1 Å². The molecule has 2 N–H and O–H groups in total. The molecule has 0 radical (unpaired) electrons. The lowest BCUT2D eigenvalue weighted by Crippen LogP contribution is -2.38. The normalized spacial score (nSPS) is 13.9. The van der Waals surface area contributed by atoms with Gasteiger partial charge in [-0.25, -0.2) is 0 Å². The molecule has 0 saturated carbocycles. The zero-order valence-corrected chi connectivity index (χ0v) is 21.6. The highest BCUT2D eigenvalue weighted by molar-refractivity contribution is 6.38. The number of nitrogens with zero attached hydrogens (tertiary/aromatic N) is 2. The number of carbonyl (C=O) groups excluding carboxylic acids is 2. The van der Waals surface area contributed by atoms with Crippen molar-refractivity contribution >= 4 is 51.7 Å². The molecule has 6 nitrogen and oxygen atoms in total. The Labute approximate surface area is 217 Å². The van der Waals surface area contributed by atoms with E-state index >= 15 is 0 Å². The smallest absolute Gasteiger partial charge is 0.258 e. The largest absolute Gasteiger partial charge is 0.354 e. The Morgan fingerprint density at radius 3 is 2.39 bits per heavy atom. The van der Waals surface area contributed by atoms with Crippen LogP contribution in [-0.2, 0) is 9.59 Å². The number of anilines is 3. The van der Waals surface area contributed by atoms with E-state index in [4.69, 9.17) is 11.6 Å². The van der Waals surface area contributed by atoms with Crippen LogP contribution in [0.5, 0.6) is 0 Å². The lowest BCUT2D eigenvalue weighted by atomic mass is 10.00. The van der Waals surface area contributed by atoms with Crippen LogP contribution in [0.3, 0.4) is 0 Å². The van der Waals surface area contributed by atoms with Gasteiger partial charge in [0.05, 0.1) is 23.5 Å². The maximum absolute atomic E-state index is 13.0. The van der Waals surface area contributed by atoms with Crippen LogP contribution >= 0.6 is 11.6 Å². The first-order chi connectivity index (χ1) is 17.4. The lowest BCUT2D eigenvalue weighted by molar-refractivity contribution is -0.119. The molecule has 36 heavy (non-hydrogen) atoms. The van der Waals surface area contributed by atoms with E-state index in [-0.39, 0.29) is 11.8 Å². The topological polar surface area (TPSA) is 64.7 Å². The Kier molecular flexibility index (Phi) is 8.08. The number of hydrogen-bond acceptors (Lipinski definition) is 4. The van der Waals surface area contributed by atoms with Crippen molar-refractivity contribution in [2.45, 2.75) is 20.3 Å². The Hall–Kier alpha value is -3.61. The van der Waals surface area contributed by atoms with Gasteiger partial charge in [0.1, 0.15) is 0 Å². The van der Waals surface area contributed by atoms with Crippen LogP contribution in [0.1, 0.15) is 31.4 Å². The van der Waals surface area contributed by atoms with Gasteiger partial charge in [0.2, 0.25) is 5.91 Å². The van der Waals surface area contributed by atoms with E-state index in [1.807, 2.05) is 60.7 Å². The summed E-state index contributed by atoms with van der Waals surface area (Å²) >= 11 is 6.15. The van der Waals surface area contributed by atoms with Gasteiger partial charge in [-0.3, -0.25) is 14.5 Å². The average Bonchev–Trinajstić information content (AvgIpc) is 3.21. The van der Waals surface area contributed by atoms with Crippen molar-refractivity contribution in [3.05, 3.63) is 88.9 Å². The summed E-state index contributed by atoms with van der Waals surface area (Å²) in [6.07, 6.45) is 1.01. The maximum Gasteiger partial charge on any atom is 0.258 e. The van der Waals surface area contributed by atoms with Crippen molar-refractivity contribution in [2.24, 2.45) is 0 Å². The van der Waals surface area contributed by atoms with Gasteiger partial charge in [0.15, 0.2) is 0 Å². The van der Waals surface area contributed by atoms with E-state index in [9.17, 15) is 9.59 Å². The van der Waals surface area contributed by atoms with Gasteiger partial charge in [0, 0.05) is 29.0 Å². The van der Waals surface area contributed by atoms with Crippen LogP contribution in [0.25, 0.3) is 11.3 Å². The highest BCUT2D eigenvalue weighted by Crippen LogP contribution is 2.38. The maximum atomic E-state index is 13.0. The molecule has 1 heterocycles. The van der Waals surface area contributed by atoms with Crippen LogP contribution < -0.4 is 15.5 Å². The Morgan fingerprint density at radius 1 is 1.00 bits per heavy atom. The molecule has 0 saturated heterocycles. The first kappa shape index (κ1) is 25.5. The summed E-state index contributed by atoms with van der Waals surface area (Å²) in [6, 6.07) is 22.8. The van der Waals surface area contributed by atoms with Crippen LogP contribution in [0.2, 0.25) is 5.02 Å². The molecule has 0 aromatic heterocycles. The van der Waals surface area contributed by atoms with Crippen molar-refractivity contribution in [1.82, 2.24) is 4.90 Å². The number of fused-ring (bicyclic) bond motifs is 1. The van der Waals surface area contributed by atoms with E-state index in [2.05, 4.69) is 29.4 Å². The van der Waals surface area contributed by atoms with Gasteiger partial charge in [-0.15, -0.1) is 0 Å². The summed E-state index contributed by atoms with van der Waals surface area (Å²) in [5.41, 5.74) is 5.25. The zero-order chi connectivity index (χ0) is 25.7. The molecule has 1 aliphatic heterocycles. The van der Waals surface area contributed by atoms with Crippen LogP contribution in [0.15, 0.2) is 72.8 Å². The predicted molar refractivity (Wildman–Crippen MR) is 149 cm³/mol. The van der Waals surface area contributed by atoms with Gasteiger partial charge in [-0.1, -0.05) is 61.8 Å². The molecule has 0 spiro atoms.